The van der Waals surface area contributed by atoms with E-state index in [1.165, 1.54) is 18.2 Å². The summed E-state index contributed by atoms with van der Waals surface area (Å²) in [4.78, 5) is 0. The Morgan fingerprint density at radius 3 is 2.36 bits per heavy atom. The summed E-state index contributed by atoms with van der Waals surface area (Å²) >= 11 is -0.351. The van der Waals surface area contributed by atoms with Crippen molar-refractivity contribution in [3.63, 3.8) is 0 Å². The number of hydrogen-bond acceptors (Lipinski definition) is 2. The molecule has 0 aromatic heterocycles. The van der Waals surface area contributed by atoms with Gasteiger partial charge >= 0.3 is 74.8 Å². The van der Waals surface area contributed by atoms with E-state index in [1.807, 2.05) is 0 Å². The predicted molar refractivity (Wildman–Crippen MR) is 53.4 cm³/mol. The summed E-state index contributed by atoms with van der Waals surface area (Å²) in [7, 11) is 0. The molecule has 0 aromatic rings. The molecule has 0 aliphatic rings. The van der Waals surface area contributed by atoms with Crippen LogP contribution in [0.15, 0.2) is 0 Å². The summed E-state index contributed by atoms with van der Waals surface area (Å²) in [6, 6.07) is 0. The van der Waals surface area contributed by atoms with Crippen LogP contribution in [0.25, 0.3) is 0 Å². The van der Waals surface area contributed by atoms with E-state index in [2.05, 4.69) is 16.7 Å². The third kappa shape index (κ3) is 10.5. The van der Waals surface area contributed by atoms with Gasteiger partial charge in [-0.3, -0.25) is 0 Å². The fourth-order valence-corrected chi connectivity index (χ4v) is 2.53. The third-order valence-corrected chi connectivity index (χ3v) is 4.06. The van der Waals surface area contributed by atoms with Gasteiger partial charge in [0.25, 0.3) is 0 Å². The predicted octanol–water partition coefficient (Wildman–Crippen LogP) is 1.07. The molecule has 3 N–H and O–H groups in total. The molecular weight excluding hydrogens is 199 g/mol. The topological polar surface area (TPSA) is 38.0 Å². The van der Waals surface area contributed by atoms with Crippen LogP contribution >= 0.6 is 0 Å². The minimum atomic E-state index is -0.351. The van der Waals surface area contributed by atoms with E-state index in [4.69, 9.17) is 5.73 Å². The summed E-state index contributed by atoms with van der Waals surface area (Å²) in [6.07, 6.45) is 2.47. The van der Waals surface area contributed by atoms with Crippen molar-refractivity contribution in [2.45, 2.75) is 29.5 Å². The van der Waals surface area contributed by atoms with Crippen LogP contribution in [0.3, 0.4) is 0 Å². The first kappa shape index (κ1) is 11.5. The van der Waals surface area contributed by atoms with Gasteiger partial charge in [0.05, 0.1) is 0 Å². The van der Waals surface area contributed by atoms with Crippen molar-refractivity contribution < 1.29 is 0 Å². The van der Waals surface area contributed by atoms with Gasteiger partial charge in [-0.05, 0) is 0 Å². The van der Waals surface area contributed by atoms with Crippen molar-refractivity contribution in [1.29, 1.82) is 0 Å². The first-order chi connectivity index (χ1) is 5.27. The van der Waals surface area contributed by atoms with Crippen LogP contribution in [0.4, 0.5) is 0 Å². The standard InChI is InChI=1S/C8H21AsN2/c1-9(2)5-3-7-11-8-4-6-10/h11H,3-8,10H2,1-2H3. The number of nitrogens with two attached hydrogens (primary N) is 1. The Balaban J connectivity index is 2.80. The first-order valence-electron chi connectivity index (χ1n) is 4.33. The Morgan fingerprint density at radius 1 is 1.18 bits per heavy atom. The van der Waals surface area contributed by atoms with Crippen LogP contribution in [0.1, 0.15) is 12.8 Å². The minimum absolute atomic E-state index is 0.351. The van der Waals surface area contributed by atoms with Gasteiger partial charge < -0.3 is 0 Å². The monoisotopic (exact) mass is 220 g/mol. The van der Waals surface area contributed by atoms with E-state index < -0.39 is 0 Å². The average molecular weight is 220 g/mol. The molecular formula is C8H21AsN2. The average Bonchev–Trinajstić information content (AvgIpc) is 1.96. The molecule has 3 heteroatoms. The molecule has 0 saturated carbocycles. The number of nitrogens with one attached hydrogen (secondary N) is 1. The molecule has 0 heterocycles. The maximum atomic E-state index is 5.36. The second-order valence-electron chi connectivity index (χ2n) is 3.05. The van der Waals surface area contributed by atoms with Crippen molar-refractivity contribution in [1.82, 2.24) is 5.32 Å². The fourth-order valence-electron chi connectivity index (χ4n) is 0.872. The first-order valence-corrected chi connectivity index (χ1v) is 9.41. The second-order valence-corrected chi connectivity index (χ2v) is 8.52. The van der Waals surface area contributed by atoms with Gasteiger partial charge in [0.15, 0.2) is 0 Å². The Morgan fingerprint density at radius 2 is 1.82 bits per heavy atom. The van der Waals surface area contributed by atoms with Crippen LogP contribution in [-0.4, -0.2) is 34.3 Å². The van der Waals surface area contributed by atoms with Gasteiger partial charge in [0.2, 0.25) is 0 Å². The summed E-state index contributed by atoms with van der Waals surface area (Å²) < 4.78 is 0. The van der Waals surface area contributed by atoms with Crippen molar-refractivity contribution in [3.05, 3.63) is 0 Å². The van der Waals surface area contributed by atoms with Gasteiger partial charge in [-0.15, -0.1) is 0 Å². The van der Waals surface area contributed by atoms with Gasteiger partial charge in [-0.1, -0.05) is 0 Å². The molecule has 0 fully saturated rings. The molecule has 0 bridgehead atoms. The molecule has 0 spiro atoms. The van der Waals surface area contributed by atoms with Crippen molar-refractivity contribution in [3.8, 4) is 0 Å². The molecule has 0 amide bonds. The molecule has 0 aliphatic heterocycles. The van der Waals surface area contributed by atoms with Crippen molar-refractivity contribution in [2.24, 2.45) is 5.73 Å². The molecule has 0 saturated heterocycles. The van der Waals surface area contributed by atoms with Crippen LogP contribution in [-0.2, 0) is 0 Å². The van der Waals surface area contributed by atoms with Crippen molar-refractivity contribution in [2.75, 3.05) is 19.6 Å². The molecule has 68 valence electrons. The van der Waals surface area contributed by atoms with Gasteiger partial charge in [-0.25, -0.2) is 0 Å². The zero-order valence-electron chi connectivity index (χ0n) is 7.77. The van der Waals surface area contributed by atoms with Crippen molar-refractivity contribution >= 4 is 14.7 Å². The van der Waals surface area contributed by atoms with Crippen LogP contribution in [0.2, 0.25) is 16.6 Å². The SMILES string of the molecule is C[As](C)CCCNCCCN. The molecule has 11 heavy (non-hydrogen) atoms. The number of hydrogen-bond donors (Lipinski definition) is 2. The molecule has 0 aromatic carbocycles. The summed E-state index contributed by atoms with van der Waals surface area (Å²) in [6.45, 7) is 3.09. The quantitative estimate of drug-likeness (QED) is 0.497. The summed E-state index contributed by atoms with van der Waals surface area (Å²) in [5, 5.41) is 4.86. The number of rotatable bonds is 7. The Bertz CT molecular complexity index is 76.5. The molecule has 0 unspecified atom stereocenters. The van der Waals surface area contributed by atoms with Crippen LogP contribution in [0.5, 0.6) is 0 Å². The second kappa shape index (κ2) is 8.57. The summed E-state index contributed by atoms with van der Waals surface area (Å²) in [5.41, 5.74) is 10.2. The van der Waals surface area contributed by atoms with E-state index in [1.54, 1.807) is 0 Å². The van der Waals surface area contributed by atoms with Crippen LogP contribution in [0, 0.1) is 0 Å². The van der Waals surface area contributed by atoms with Gasteiger partial charge in [0.1, 0.15) is 0 Å². The fraction of sp³-hybridized carbons (Fsp3) is 1.00. The normalized spacial score (nSPS) is 10.9. The maximum absolute atomic E-state index is 5.36. The Labute approximate surface area is 75.2 Å². The van der Waals surface area contributed by atoms with E-state index in [0.717, 1.165) is 19.5 Å². The Kier molecular flexibility index (Phi) is 8.95. The van der Waals surface area contributed by atoms with E-state index in [-0.39, 0.29) is 14.7 Å². The van der Waals surface area contributed by atoms with E-state index in [9.17, 15) is 0 Å². The molecule has 0 rings (SSSR count). The molecule has 0 radical (unpaired) electrons. The van der Waals surface area contributed by atoms with Gasteiger partial charge in [-0.2, -0.15) is 0 Å². The summed E-state index contributed by atoms with van der Waals surface area (Å²) in [5.74, 6) is 0. The zero-order chi connectivity index (χ0) is 8.53. The molecule has 0 aliphatic carbocycles. The Hall–Kier alpha value is 0.478. The zero-order valence-corrected chi connectivity index (χ0v) is 9.64. The molecule has 0 atom stereocenters. The van der Waals surface area contributed by atoms with Gasteiger partial charge in [0, 0.05) is 0 Å². The van der Waals surface area contributed by atoms with E-state index >= 15 is 0 Å². The van der Waals surface area contributed by atoms with E-state index in [0.29, 0.717) is 0 Å². The molecule has 2 nitrogen and oxygen atoms in total. The van der Waals surface area contributed by atoms with Crippen LogP contribution < -0.4 is 11.1 Å². The third-order valence-electron chi connectivity index (χ3n) is 1.52.